The largest absolute Gasteiger partial charge is 0.440 e. The Morgan fingerprint density at radius 3 is 2.57 bits per heavy atom. The molecule has 2 aromatic carbocycles. The molecular weight excluding hydrogens is 372 g/mol. The lowest BCUT2D eigenvalue weighted by molar-refractivity contribution is 0.509. The van der Waals surface area contributed by atoms with Gasteiger partial charge in [0.05, 0.1) is 16.8 Å². The number of sulfonamides is 1. The number of benzene rings is 2. The van der Waals surface area contributed by atoms with Crippen molar-refractivity contribution in [2.45, 2.75) is 49.3 Å². The van der Waals surface area contributed by atoms with Crippen LogP contribution in [0.2, 0.25) is 0 Å². The van der Waals surface area contributed by atoms with E-state index in [9.17, 15) is 8.42 Å². The van der Waals surface area contributed by atoms with Gasteiger partial charge in [0.2, 0.25) is 0 Å². The number of fused-ring (bicyclic) bond motifs is 1. The molecule has 1 aromatic heterocycles. The molecule has 0 bridgehead atoms. The van der Waals surface area contributed by atoms with Crippen LogP contribution in [0.3, 0.4) is 0 Å². The molecule has 5 nitrogen and oxygen atoms in total. The van der Waals surface area contributed by atoms with Crippen LogP contribution < -0.4 is 4.72 Å². The van der Waals surface area contributed by atoms with E-state index in [2.05, 4.69) is 15.8 Å². The third-order valence-electron chi connectivity index (χ3n) is 5.54. The van der Waals surface area contributed by atoms with Crippen LogP contribution in [-0.2, 0) is 22.9 Å². The van der Waals surface area contributed by atoms with E-state index >= 15 is 0 Å². The van der Waals surface area contributed by atoms with Gasteiger partial charge in [0.25, 0.3) is 10.0 Å². The smallest absolute Gasteiger partial charge is 0.261 e. The number of aryl methyl sites for hydroxylation is 1. The average molecular weight is 394 g/mol. The molecule has 1 heterocycles. The highest BCUT2D eigenvalue weighted by molar-refractivity contribution is 7.92. The van der Waals surface area contributed by atoms with Gasteiger partial charge in [-0.3, -0.25) is 4.72 Å². The van der Waals surface area contributed by atoms with Gasteiger partial charge in [-0.05, 0) is 80.0 Å². The molecule has 0 radical (unpaired) electrons. The standard InChI is InChI=1S/C22H22N2O3S/c25-28(26,24-20-7-3-5-15-4-1-2-6-19(15)20)18-12-10-16(11-13-18)21-14-23-22(27-21)17-8-9-17/h3,5,7,10-14,17,24H,1-2,4,6,8-9H2. The van der Waals surface area contributed by atoms with Crippen LogP contribution in [0.15, 0.2) is 58.0 Å². The monoisotopic (exact) mass is 394 g/mol. The molecule has 0 amide bonds. The third kappa shape index (κ3) is 3.33. The van der Waals surface area contributed by atoms with E-state index < -0.39 is 10.0 Å². The highest BCUT2D eigenvalue weighted by atomic mass is 32.2. The molecule has 0 saturated heterocycles. The van der Waals surface area contributed by atoms with E-state index in [1.54, 1.807) is 30.5 Å². The van der Waals surface area contributed by atoms with Crippen molar-refractivity contribution in [1.82, 2.24) is 4.98 Å². The van der Waals surface area contributed by atoms with Crippen molar-refractivity contribution in [3.63, 3.8) is 0 Å². The summed E-state index contributed by atoms with van der Waals surface area (Å²) in [5.74, 6) is 1.91. The topological polar surface area (TPSA) is 72.2 Å². The van der Waals surface area contributed by atoms with Crippen LogP contribution in [0.25, 0.3) is 11.3 Å². The fourth-order valence-corrected chi connectivity index (χ4v) is 4.91. The number of rotatable bonds is 5. The molecule has 6 heteroatoms. The first-order valence-corrected chi connectivity index (χ1v) is 11.3. The number of hydrogen-bond donors (Lipinski definition) is 1. The number of oxazole rings is 1. The van der Waals surface area contributed by atoms with Crippen LogP contribution >= 0.6 is 0 Å². The van der Waals surface area contributed by atoms with Gasteiger partial charge < -0.3 is 4.42 Å². The normalized spacial score (nSPS) is 16.6. The number of nitrogens with one attached hydrogen (secondary N) is 1. The van der Waals surface area contributed by atoms with Crippen LogP contribution in [0.1, 0.15) is 48.6 Å². The van der Waals surface area contributed by atoms with Crippen molar-refractivity contribution < 1.29 is 12.8 Å². The van der Waals surface area contributed by atoms with Gasteiger partial charge in [-0.2, -0.15) is 0 Å². The quantitative estimate of drug-likeness (QED) is 0.668. The molecule has 1 N–H and O–H groups in total. The van der Waals surface area contributed by atoms with E-state index in [0.29, 0.717) is 17.4 Å². The highest BCUT2D eigenvalue weighted by Gasteiger charge is 2.28. The zero-order chi connectivity index (χ0) is 19.1. The van der Waals surface area contributed by atoms with Gasteiger partial charge in [-0.1, -0.05) is 12.1 Å². The summed E-state index contributed by atoms with van der Waals surface area (Å²) in [6.45, 7) is 0. The average Bonchev–Trinajstić information content (AvgIpc) is 3.45. The Morgan fingerprint density at radius 1 is 1.00 bits per heavy atom. The molecule has 1 fully saturated rings. The van der Waals surface area contributed by atoms with E-state index in [1.165, 1.54) is 5.56 Å². The SMILES string of the molecule is O=S(=O)(Nc1cccc2c1CCCC2)c1ccc(-c2cnc(C3CC3)o2)cc1. The van der Waals surface area contributed by atoms with Crippen LogP contribution in [0.5, 0.6) is 0 Å². The summed E-state index contributed by atoms with van der Waals surface area (Å²) < 4.78 is 34.4. The summed E-state index contributed by atoms with van der Waals surface area (Å²) in [6.07, 6.45) is 8.17. The maximum atomic E-state index is 12.9. The number of hydrogen-bond acceptors (Lipinski definition) is 4. The van der Waals surface area contributed by atoms with Gasteiger partial charge in [0.1, 0.15) is 0 Å². The summed E-state index contributed by atoms with van der Waals surface area (Å²) in [5, 5.41) is 0. The van der Waals surface area contributed by atoms with Gasteiger partial charge in [0.15, 0.2) is 11.7 Å². The Kier molecular flexibility index (Phi) is 4.23. The Balaban J connectivity index is 1.39. The molecule has 0 spiro atoms. The summed E-state index contributed by atoms with van der Waals surface area (Å²) in [6, 6.07) is 12.6. The van der Waals surface area contributed by atoms with Crippen LogP contribution in [0.4, 0.5) is 5.69 Å². The van der Waals surface area contributed by atoms with Crippen LogP contribution in [0, 0.1) is 0 Å². The number of anilines is 1. The van der Waals surface area contributed by atoms with Crippen molar-refractivity contribution in [1.29, 1.82) is 0 Å². The lowest BCUT2D eigenvalue weighted by atomic mass is 9.91. The minimum atomic E-state index is -3.64. The lowest BCUT2D eigenvalue weighted by Crippen LogP contribution is -2.16. The van der Waals surface area contributed by atoms with Crippen molar-refractivity contribution >= 4 is 15.7 Å². The summed E-state index contributed by atoms with van der Waals surface area (Å²) >= 11 is 0. The second-order valence-electron chi connectivity index (χ2n) is 7.62. The van der Waals surface area contributed by atoms with E-state index in [4.69, 9.17) is 4.42 Å². The molecule has 0 atom stereocenters. The second kappa shape index (κ2) is 6.78. The van der Waals surface area contributed by atoms with Crippen molar-refractivity contribution in [2.24, 2.45) is 0 Å². The number of aromatic nitrogens is 1. The molecular formula is C22H22N2O3S. The minimum absolute atomic E-state index is 0.242. The van der Waals surface area contributed by atoms with Gasteiger partial charge in [-0.15, -0.1) is 0 Å². The van der Waals surface area contributed by atoms with Crippen molar-refractivity contribution in [3.8, 4) is 11.3 Å². The molecule has 0 aliphatic heterocycles. The molecule has 5 rings (SSSR count). The zero-order valence-corrected chi connectivity index (χ0v) is 16.3. The molecule has 144 valence electrons. The molecule has 3 aromatic rings. The first kappa shape index (κ1) is 17.5. The fourth-order valence-electron chi connectivity index (χ4n) is 3.82. The number of nitrogens with zero attached hydrogens (tertiary/aromatic N) is 1. The Morgan fingerprint density at radius 2 is 1.79 bits per heavy atom. The first-order valence-electron chi connectivity index (χ1n) is 9.80. The molecule has 2 aliphatic carbocycles. The Hall–Kier alpha value is -2.60. The maximum Gasteiger partial charge on any atom is 0.261 e. The molecule has 0 unspecified atom stereocenters. The predicted octanol–water partition coefficient (Wildman–Crippen LogP) is 4.90. The Bertz CT molecular complexity index is 1110. The van der Waals surface area contributed by atoms with E-state index in [0.717, 1.165) is 55.5 Å². The lowest BCUT2D eigenvalue weighted by Gasteiger charge is -2.20. The third-order valence-corrected chi connectivity index (χ3v) is 6.92. The van der Waals surface area contributed by atoms with E-state index in [1.807, 2.05) is 12.1 Å². The molecule has 1 saturated carbocycles. The van der Waals surface area contributed by atoms with E-state index in [-0.39, 0.29) is 4.90 Å². The van der Waals surface area contributed by atoms with Gasteiger partial charge >= 0.3 is 0 Å². The maximum absolute atomic E-state index is 12.9. The fraction of sp³-hybridized carbons (Fsp3) is 0.318. The van der Waals surface area contributed by atoms with Gasteiger partial charge in [0, 0.05) is 11.5 Å². The van der Waals surface area contributed by atoms with Crippen molar-refractivity contribution in [3.05, 3.63) is 65.7 Å². The van der Waals surface area contributed by atoms with Gasteiger partial charge in [-0.25, -0.2) is 13.4 Å². The predicted molar refractivity (Wildman–Crippen MR) is 108 cm³/mol. The van der Waals surface area contributed by atoms with Crippen molar-refractivity contribution in [2.75, 3.05) is 4.72 Å². The second-order valence-corrected chi connectivity index (χ2v) is 9.30. The zero-order valence-electron chi connectivity index (χ0n) is 15.5. The van der Waals surface area contributed by atoms with Crippen LogP contribution in [-0.4, -0.2) is 13.4 Å². The molecule has 2 aliphatic rings. The minimum Gasteiger partial charge on any atom is -0.440 e. The highest BCUT2D eigenvalue weighted by Crippen LogP contribution is 2.40. The summed E-state index contributed by atoms with van der Waals surface area (Å²) in [7, 11) is -3.64. The first-order chi connectivity index (χ1) is 13.6. The molecule has 28 heavy (non-hydrogen) atoms. The summed E-state index contributed by atoms with van der Waals surface area (Å²) in [5.41, 5.74) is 3.91. The Labute approximate surface area is 164 Å². The summed E-state index contributed by atoms with van der Waals surface area (Å²) in [4.78, 5) is 4.57.